The summed E-state index contributed by atoms with van der Waals surface area (Å²) in [7, 11) is 0. The predicted molar refractivity (Wildman–Crippen MR) is 69.8 cm³/mol. The summed E-state index contributed by atoms with van der Waals surface area (Å²) in [4.78, 5) is 0. The molecule has 0 bridgehead atoms. The molecule has 2 unspecified atom stereocenters. The lowest BCUT2D eigenvalue weighted by Crippen LogP contribution is -2.32. The third-order valence-electron chi connectivity index (χ3n) is 3.24. The normalized spacial score (nSPS) is 14.7. The van der Waals surface area contributed by atoms with Crippen molar-refractivity contribution < 1.29 is 8.78 Å². The van der Waals surface area contributed by atoms with Gasteiger partial charge in [0.2, 0.25) is 0 Å². The van der Waals surface area contributed by atoms with Gasteiger partial charge in [0, 0.05) is 18.2 Å². The molecule has 0 fully saturated rings. The Bertz CT molecular complexity index is 382. The lowest BCUT2D eigenvalue weighted by atomic mass is 10.0. The Kier molecular flexibility index (Phi) is 5.53. The molecular formula is C13H18BrF2N. The van der Waals surface area contributed by atoms with E-state index in [0.29, 0.717) is 10.4 Å². The molecule has 17 heavy (non-hydrogen) atoms. The minimum atomic E-state index is -0.520. The van der Waals surface area contributed by atoms with Crippen molar-refractivity contribution in [1.29, 1.82) is 0 Å². The number of nitrogens with one attached hydrogen (secondary N) is 1. The molecule has 2 atom stereocenters. The molecular weight excluding hydrogens is 288 g/mol. The highest BCUT2D eigenvalue weighted by molar-refractivity contribution is 9.10. The van der Waals surface area contributed by atoms with E-state index in [1.807, 2.05) is 6.92 Å². The molecule has 1 nitrogen and oxygen atoms in total. The Balaban J connectivity index is 2.72. The van der Waals surface area contributed by atoms with Crippen molar-refractivity contribution in [2.75, 3.05) is 0 Å². The van der Waals surface area contributed by atoms with Crippen LogP contribution in [0.15, 0.2) is 16.6 Å². The van der Waals surface area contributed by atoms with Gasteiger partial charge in [-0.05, 0) is 40.9 Å². The average Bonchev–Trinajstić information content (AvgIpc) is 2.32. The molecule has 4 heteroatoms. The maximum Gasteiger partial charge on any atom is 0.144 e. The lowest BCUT2D eigenvalue weighted by molar-refractivity contribution is 0.382. The smallest absolute Gasteiger partial charge is 0.144 e. The third-order valence-corrected chi connectivity index (χ3v) is 3.85. The SMILES string of the molecule is CCC(C)C(C)NCc1c(F)ccc(Br)c1F. The number of hydrogen-bond donors (Lipinski definition) is 1. The van der Waals surface area contributed by atoms with E-state index < -0.39 is 11.6 Å². The van der Waals surface area contributed by atoms with Crippen LogP contribution in [0.3, 0.4) is 0 Å². The zero-order valence-corrected chi connectivity index (χ0v) is 11.9. The maximum absolute atomic E-state index is 13.7. The average molecular weight is 306 g/mol. The van der Waals surface area contributed by atoms with E-state index in [1.54, 1.807) is 0 Å². The summed E-state index contributed by atoms with van der Waals surface area (Å²) >= 11 is 3.06. The van der Waals surface area contributed by atoms with E-state index in [1.165, 1.54) is 12.1 Å². The van der Waals surface area contributed by atoms with Crippen molar-refractivity contribution in [2.45, 2.75) is 39.8 Å². The van der Waals surface area contributed by atoms with Gasteiger partial charge < -0.3 is 5.32 Å². The summed E-state index contributed by atoms with van der Waals surface area (Å²) in [6.07, 6.45) is 1.04. The first-order chi connectivity index (χ1) is 7.97. The largest absolute Gasteiger partial charge is 0.310 e. The second-order valence-corrected chi connectivity index (χ2v) is 5.23. The van der Waals surface area contributed by atoms with Crippen LogP contribution < -0.4 is 5.32 Å². The Labute approximate surface area is 110 Å². The Morgan fingerprint density at radius 1 is 1.29 bits per heavy atom. The van der Waals surface area contributed by atoms with Crippen molar-refractivity contribution in [1.82, 2.24) is 5.32 Å². The summed E-state index contributed by atoms with van der Waals surface area (Å²) in [6, 6.07) is 2.89. The van der Waals surface area contributed by atoms with Gasteiger partial charge in [-0.1, -0.05) is 20.3 Å². The molecule has 1 N–H and O–H groups in total. The fourth-order valence-corrected chi connectivity index (χ4v) is 1.92. The van der Waals surface area contributed by atoms with E-state index in [2.05, 4.69) is 35.1 Å². The van der Waals surface area contributed by atoms with Crippen LogP contribution in [-0.2, 0) is 6.54 Å². The second kappa shape index (κ2) is 6.45. The highest BCUT2D eigenvalue weighted by atomic mass is 79.9. The van der Waals surface area contributed by atoms with Crippen LogP contribution in [-0.4, -0.2) is 6.04 Å². The monoisotopic (exact) mass is 305 g/mol. The molecule has 1 rings (SSSR count). The third kappa shape index (κ3) is 3.75. The van der Waals surface area contributed by atoms with Gasteiger partial charge in [-0.3, -0.25) is 0 Å². The zero-order valence-electron chi connectivity index (χ0n) is 10.4. The maximum atomic E-state index is 13.7. The van der Waals surface area contributed by atoms with Gasteiger partial charge in [0.1, 0.15) is 11.6 Å². The first kappa shape index (κ1) is 14.6. The van der Waals surface area contributed by atoms with Gasteiger partial charge in [-0.25, -0.2) is 8.78 Å². The minimum absolute atomic E-state index is 0.0922. The minimum Gasteiger partial charge on any atom is -0.310 e. The quantitative estimate of drug-likeness (QED) is 0.802. The van der Waals surface area contributed by atoms with Crippen LogP contribution in [0.1, 0.15) is 32.8 Å². The van der Waals surface area contributed by atoms with Crippen molar-refractivity contribution in [3.63, 3.8) is 0 Å². The summed E-state index contributed by atoms with van der Waals surface area (Å²) in [6.45, 7) is 6.46. The van der Waals surface area contributed by atoms with Crippen LogP contribution in [0.2, 0.25) is 0 Å². The summed E-state index contributed by atoms with van der Waals surface area (Å²) in [5.41, 5.74) is 0.0922. The van der Waals surface area contributed by atoms with Crippen LogP contribution >= 0.6 is 15.9 Å². The summed E-state index contributed by atoms with van der Waals surface area (Å²) < 4.78 is 27.4. The highest BCUT2D eigenvalue weighted by Gasteiger charge is 2.15. The van der Waals surface area contributed by atoms with Gasteiger partial charge in [0.05, 0.1) is 4.47 Å². The molecule has 96 valence electrons. The van der Waals surface area contributed by atoms with E-state index in [4.69, 9.17) is 0 Å². The molecule has 1 aromatic rings. The lowest BCUT2D eigenvalue weighted by Gasteiger charge is -2.20. The topological polar surface area (TPSA) is 12.0 Å². The molecule has 1 aromatic carbocycles. The molecule has 0 spiro atoms. The predicted octanol–water partition coefficient (Wildman–Crippen LogP) is 4.25. The summed E-state index contributed by atoms with van der Waals surface area (Å²) in [5.74, 6) is -0.545. The molecule has 0 amide bonds. The highest BCUT2D eigenvalue weighted by Crippen LogP contribution is 2.21. The Hall–Kier alpha value is -0.480. The zero-order chi connectivity index (χ0) is 13.0. The molecule has 0 aliphatic heterocycles. The van der Waals surface area contributed by atoms with Gasteiger partial charge >= 0.3 is 0 Å². The van der Waals surface area contributed by atoms with Crippen molar-refractivity contribution in [3.05, 3.63) is 33.8 Å². The first-order valence-electron chi connectivity index (χ1n) is 5.83. The number of hydrogen-bond acceptors (Lipinski definition) is 1. The van der Waals surface area contributed by atoms with Crippen LogP contribution in [0.4, 0.5) is 8.78 Å². The molecule has 0 saturated heterocycles. The van der Waals surface area contributed by atoms with Gasteiger partial charge in [0.15, 0.2) is 0 Å². The second-order valence-electron chi connectivity index (χ2n) is 4.38. The van der Waals surface area contributed by atoms with E-state index in [0.717, 1.165) is 6.42 Å². The number of benzene rings is 1. The number of halogens is 3. The van der Waals surface area contributed by atoms with Gasteiger partial charge in [-0.2, -0.15) is 0 Å². The first-order valence-corrected chi connectivity index (χ1v) is 6.62. The fraction of sp³-hybridized carbons (Fsp3) is 0.538. The molecule has 0 aliphatic rings. The van der Waals surface area contributed by atoms with Crippen LogP contribution in [0.25, 0.3) is 0 Å². The van der Waals surface area contributed by atoms with Crippen molar-refractivity contribution in [3.8, 4) is 0 Å². The van der Waals surface area contributed by atoms with Crippen molar-refractivity contribution in [2.24, 2.45) is 5.92 Å². The fourth-order valence-electron chi connectivity index (χ4n) is 1.55. The molecule has 0 heterocycles. The molecule has 0 radical (unpaired) electrons. The van der Waals surface area contributed by atoms with Crippen LogP contribution in [0, 0.1) is 17.6 Å². The standard InChI is InChI=1S/C13H18BrF2N/c1-4-8(2)9(3)17-7-10-12(15)6-5-11(14)13(10)16/h5-6,8-9,17H,4,7H2,1-3H3. The Morgan fingerprint density at radius 3 is 2.53 bits per heavy atom. The van der Waals surface area contributed by atoms with Gasteiger partial charge in [-0.15, -0.1) is 0 Å². The Morgan fingerprint density at radius 2 is 1.94 bits per heavy atom. The van der Waals surface area contributed by atoms with Gasteiger partial charge in [0.25, 0.3) is 0 Å². The van der Waals surface area contributed by atoms with Crippen molar-refractivity contribution >= 4 is 15.9 Å². The number of rotatable bonds is 5. The molecule has 0 saturated carbocycles. The van der Waals surface area contributed by atoms with Crippen LogP contribution in [0.5, 0.6) is 0 Å². The summed E-state index contributed by atoms with van der Waals surface area (Å²) in [5, 5.41) is 3.16. The molecule has 0 aromatic heterocycles. The molecule has 0 aliphatic carbocycles. The van der Waals surface area contributed by atoms with E-state index >= 15 is 0 Å². The van der Waals surface area contributed by atoms with E-state index in [9.17, 15) is 8.78 Å². The van der Waals surface area contributed by atoms with E-state index in [-0.39, 0.29) is 18.2 Å².